The molecule has 0 unspecified atom stereocenters. The normalized spacial score (nSPS) is 10.5. The van der Waals surface area contributed by atoms with Crippen molar-refractivity contribution in [3.63, 3.8) is 0 Å². The van der Waals surface area contributed by atoms with E-state index in [0.717, 1.165) is 17.1 Å². The molecule has 21 heavy (non-hydrogen) atoms. The van der Waals surface area contributed by atoms with Gasteiger partial charge < -0.3 is 5.32 Å². The summed E-state index contributed by atoms with van der Waals surface area (Å²) < 4.78 is 1.78. The van der Waals surface area contributed by atoms with Gasteiger partial charge in [-0.3, -0.25) is 4.40 Å². The Bertz CT molecular complexity index is 799. The topological polar surface area (TPSA) is 53.1 Å². The predicted molar refractivity (Wildman–Crippen MR) is 83.6 cm³/mol. The van der Waals surface area contributed by atoms with E-state index in [4.69, 9.17) is 11.6 Å². The van der Waals surface area contributed by atoms with E-state index in [2.05, 4.69) is 16.4 Å². The van der Waals surface area contributed by atoms with Crippen molar-refractivity contribution < 1.29 is 0 Å². The standard InChI is InChI=1S/C16H13ClN4/c17-13-6-4-12(5-7-13)8-9-19-16-14(11-18)21-10-2-1-3-15(21)20-16/h1-7,10,19H,8-9H2. The molecule has 4 nitrogen and oxygen atoms in total. The Morgan fingerprint density at radius 3 is 2.76 bits per heavy atom. The summed E-state index contributed by atoms with van der Waals surface area (Å²) in [4.78, 5) is 4.44. The van der Waals surface area contributed by atoms with Gasteiger partial charge in [0.2, 0.25) is 0 Å². The molecule has 1 aromatic carbocycles. The molecule has 0 atom stereocenters. The number of halogens is 1. The van der Waals surface area contributed by atoms with Crippen molar-refractivity contribution in [1.82, 2.24) is 9.38 Å². The SMILES string of the molecule is N#Cc1c(NCCc2ccc(Cl)cc2)nc2ccccn12. The molecule has 0 saturated heterocycles. The molecular formula is C16H13ClN4. The van der Waals surface area contributed by atoms with Crippen molar-refractivity contribution in [3.8, 4) is 6.07 Å². The molecule has 3 aromatic rings. The average molecular weight is 297 g/mol. The second kappa shape index (κ2) is 5.86. The second-order valence-electron chi connectivity index (χ2n) is 4.65. The Labute approximate surface area is 127 Å². The number of hydrogen-bond donors (Lipinski definition) is 1. The lowest BCUT2D eigenvalue weighted by Gasteiger charge is -2.04. The fourth-order valence-corrected chi connectivity index (χ4v) is 2.33. The molecule has 3 rings (SSSR count). The molecule has 0 fully saturated rings. The molecule has 0 saturated carbocycles. The minimum atomic E-state index is 0.529. The van der Waals surface area contributed by atoms with Gasteiger partial charge in [0.25, 0.3) is 0 Å². The van der Waals surface area contributed by atoms with Crippen LogP contribution in [0.5, 0.6) is 0 Å². The number of aromatic nitrogens is 2. The van der Waals surface area contributed by atoms with Gasteiger partial charge in [-0.15, -0.1) is 0 Å². The van der Waals surface area contributed by atoms with Gasteiger partial charge in [0, 0.05) is 17.8 Å². The Hall–Kier alpha value is -2.51. The summed E-state index contributed by atoms with van der Waals surface area (Å²) in [7, 11) is 0. The van der Waals surface area contributed by atoms with Gasteiger partial charge in [0.05, 0.1) is 0 Å². The predicted octanol–water partition coefficient (Wildman–Crippen LogP) is 3.51. The van der Waals surface area contributed by atoms with Crippen molar-refractivity contribution >= 4 is 23.1 Å². The smallest absolute Gasteiger partial charge is 0.168 e. The number of nitrogens with zero attached hydrogens (tertiary/aromatic N) is 3. The summed E-state index contributed by atoms with van der Waals surface area (Å²) in [6.07, 6.45) is 2.68. The summed E-state index contributed by atoms with van der Waals surface area (Å²) >= 11 is 5.86. The van der Waals surface area contributed by atoms with Crippen LogP contribution in [0.4, 0.5) is 5.82 Å². The minimum absolute atomic E-state index is 0.529. The van der Waals surface area contributed by atoms with Gasteiger partial charge in [-0.1, -0.05) is 29.8 Å². The van der Waals surface area contributed by atoms with E-state index in [1.807, 2.05) is 48.7 Å². The first-order valence-electron chi connectivity index (χ1n) is 6.63. The lowest BCUT2D eigenvalue weighted by molar-refractivity contribution is 1.01. The molecule has 2 heterocycles. The van der Waals surface area contributed by atoms with E-state index in [-0.39, 0.29) is 0 Å². The number of fused-ring (bicyclic) bond motifs is 1. The van der Waals surface area contributed by atoms with Gasteiger partial charge in [-0.05, 0) is 36.2 Å². The van der Waals surface area contributed by atoms with Gasteiger partial charge in [0.15, 0.2) is 11.5 Å². The molecule has 0 aliphatic rings. The number of nitrogens with one attached hydrogen (secondary N) is 1. The highest BCUT2D eigenvalue weighted by Gasteiger charge is 2.10. The fourth-order valence-electron chi connectivity index (χ4n) is 2.20. The Morgan fingerprint density at radius 1 is 1.19 bits per heavy atom. The van der Waals surface area contributed by atoms with Gasteiger partial charge in [-0.2, -0.15) is 5.26 Å². The lowest BCUT2D eigenvalue weighted by Crippen LogP contribution is -2.06. The van der Waals surface area contributed by atoms with Crippen molar-refractivity contribution in [2.45, 2.75) is 6.42 Å². The van der Waals surface area contributed by atoms with Crippen molar-refractivity contribution in [2.24, 2.45) is 0 Å². The van der Waals surface area contributed by atoms with E-state index < -0.39 is 0 Å². The lowest BCUT2D eigenvalue weighted by atomic mass is 10.1. The number of benzene rings is 1. The van der Waals surface area contributed by atoms with E-state index in [0.29, 0.717) is 18.1 Å². The maximum absolute atomic E-state index is 9.29. The van der Waals surface area contributed by atoms with E-state index in [9.17, 15) is 5.26 Å². The van der Waals surface area contributed by atoms with Crippen LogP contribution in [-0.4, -0.2) is 15.9 Å². The fraction of sp³-hybridized carbons (Fsp3) is 0.125. The summed E-state index contributed by atoms with van der Waals surface area (Å²) in [6.45, 7) is 0.709. The van der Waals surface area contributed by atoms with Crippen LogP contribution in [-0.2, 0) is 6.42 Å². The molecule has 0 amide bonds. The maximum Gasteiger partial charge on any atom is 0.168 e. The highest BCUT2D eigenvalue weighted by atomic mass is 35.5. The molecule has 0 spiro atoms. The third-order valence-corrected chi connectivity index (χ3v) is 3.51. The van der Waals surface area contributed by atoms with Crippen LogP contribution in [0.1, 0.15) is 11.3 Å². The third kappa shape index (κ3) is 2.83. The Kier molecular flexibility index (Phi) is 3.76. The molecule has 1 N–H and O–H groups in total. The van der Waals surface area contributed by atoms with Crippen LogP contribution < -0.4 is 5.32 Å². The monoisotopic (exact) mass is 296 g/mol. The number of anilines is 1. The van der Waals surface area contributed by atoms with Crippen LogP contribution in [0.15, 0.2) is 48.7 Å². The first-order chi connectivity index (χ1) is 10.3. The van der Waals surface area contributed by atoms with Gasteiger partial charge in [0.1, 0.15) is 11.7 Å². The molecular weight excluding hydrogens is 284 g/mol. The molecule has 0 bridgehead atoms. The highest BCUT2D eigenvalue weighted by molar-refractivity contribution is 6.30. The molecule has 0 aliphatic carbocycles. The minimum Gasteiger partial charge on any atom is -0.367 e. The van der Waals surface area contributed by atoms with E-state index in [1.165, 1.54) is 5.56 Å². The zero-order valence-electron chi connectivity index (χ0n) is 11.3. The van der Waals surface area contributed by atoms with Crippen molar-refractivity contribution in [3.05, 3.63) is 64.9 Å². The third-order valence-electron chi connectivity index (χ3n) is 3.26. The number of imidazole rings is 1. The molecule has 104 valence electrons. The Morgan fingerprint density at radius 2 is 2.00 bits per heavy atom. The van der Waals surface area contributed by atoms with Crippen LogP contribution in [0, 0.1) is 11.3 Å². The van der Waals surface area contributed by atoms with E-state index >= 15 is 0 Å². The van der Waals surface area contributed by atoms with Gasteiger partial charge in [-0.25, -0.2) is 4.98 Å². The molecule has 5 heteroatoms. The summed E-state index contributed by atoms with van der Waals surface area (Å²) in [5.74, 6) is 0.623. The van der Waals surface area contributed by atoms with Crippen LogP contribution in [0.3, 0.4) is 0 Å². The highest BCUT2D eigenvalue weighted by Crippen LogP contribution is 2.16. The largest absolute Gasteiger partial charge is 0.367 e. The summed E-state index contributed by atoms with van der Waals surface area (Å²) in [6, 6.07) is 15.6. The number of nitriles is 1. The molecule has 0 radical (unpaired) electrons. The number of pyridine rings is 1. The zero-order chi connectivity index (χ0) is 14.7. The maximum atomic E-state index is 9.29. The Balaban J connectivity index is 1.73. The second-order valence-corrected chi connectivity index (χ2v) is 5.09. The quantitative estimate of drug-likeness (QED) is 0.801. The van der Waals surface area contributed by atoms with Crippen LogP contribution in [0.2, 0.25) is 5.02 Å². The summed E-state index contributed by atoms with van der Waals surface area (Å²) in [5, 5.41) is 13.3. The first kappa shape index (κ1) is 13.5. The summed E-state index contributed by atoms with van der Waals surface area (Å²) in [5.41, 5.74) is 2.49. The number of hydrogen-bond acceptors (Lipinski definition) is 3. The first-order valence-corrected chi connectivity index (χ1v) is 7.01. The zero-order valence-corrected chi connectivity index (χ0v) is 12.0. The van der Waals surface area contributed by atoms with E-state index in [1.54, 1.807) is 4.40 Å². The van der Waals surface area contributed by atoms with Crippen molar-refractivity contribution in [1.29, 1.82) is 5.26 Å². The average Bonchev–Trinajstić information content (AvgIpc) is 2.86. The van der Waals surface area contributed by atoms with Crippen LogP contribution in [0.25, 0.3) is 5.65 Å². The van der Waals surface area contributed by atoms with Gasteiger partial charge >= 0.3 is 0 Å². The molecule has 2 aromatic heterocycles. The van der Waals surface area contributed by atoms with Crippen molar-refractivity contribution in [2.75, 3.05) is 11.9 Å². The number of rotatable bonds is 4. The molecule has 0 aliphatic heterocycles. The van der Waals surface area contributed by atoms with Crippen LogP contribution >= 0.6 is 11.6 Å².